The number of carbonyl (C=O) groups excluding carboxylic acids is 2. The number of aromatic nitrogens is 1. The minimum atomic E-state index is -0.545. The summed E-state index contributed by atoms with van der Waals surface area (Å²) in [6.45, 7) is 2.18. The monoisotopic (exact) mass is 464 g/mol. The molecule has 170 valence electrons. The van der Waals surface area contributed by atoms with Crippen molar-refractivity contribution in [3.63, 3.8) is 0 Å². The second-order valence-corrected chi connectivity index (χ2v) is 8.31. The molecule has 0 aliphatic carbocycles. The van der Waals surface area contributed by atoms with Crippen LogP contribution in [-0.4, -0.2) is 36.7 Å². The number of hydrogen-bond acceptors (Lipinski definition) is 5. The molecule has 0 atom stereocenters. The van der Waals surface area contributed by atoms with E-state index in [1.54, 1.807) is 60.9 Å². The fourth-order valence-corrected chi connectivity index (χ4v) is 3.97. The smallest absolute Gasteiger partial charge is 0.411 e. The van der Waals surface area contributed by atoms with Crippen LogP contribution in [0, 0.1) is 5.92 Å². The van der Waals surface area contributed by atoms with Crippen LogP contribution in [0.1, 0.15) is 23.2 Å². The molecular weight excluding hydrogens is 440 g/mol. The quantitative estimate of drug-likeness (QED) is 0.506. The van der Waals surface area contributed by atoms with Gasteiger partial charge in [0, 0.05) is 41.8 Å². The van der Waals surface area contributed by atoms with Crippen LogP contribution in [0.15, 0.2) is 73.1 Å². The molecule has 2 N–H and O–H groups in total. The number of nitrogens with zero attached hydrogens (tertiary/aromatic N) is 2. The maximum Gasteiger partial charge on any atom is 0.411 e. The number of pyridine rings is 1. The van der Waals surface area contributed by atoms with E-state index >= 15 is 0 Å². The number of amides is 2. The summed E-state index contributed by atoms with van der Waals surface area (Å²) in [7, 11) is 0. The van der Waals surface area contributed by atoms with Crippen molar-refractivity contribution >= 4 is 40.7 Å². The summed E-state index contributed by atoms with van der Waals surface area (Å²) in [5.41, 5.74) is 2.53. The Balaban J connectivity index is 1.27. The molecule has 0 saturated carbocycles. The third-order valence-electron chi connectivity index (χ3n) is 5.59. The molecule has 1 aliphatic rings. The molecule has 0 spiro atoms. The molecule has 0 unspecified atom stereocenters. The standard InChI is InChI=1S/C25H25ClN4O3/c26-20-5-3-4-19(16-20)24(31)28-22-6-1-2-7-23(22)29-25(32)33-17-18-10-14-30(15-11-18)21-8-12-27-13-9-21/h1-9,12-13,16,18H,10-11,14-15,17H2,(H,28,31)(H,29,32). The van der Waals surface area contributed by atoms with Gasteiger partial charge in [-0.05, 0) is 61.2 Å². The summed E-state index contributed by atoms with van der Waals surface area (Å²) in [5.74, 6) is -0.00677. The average molecular weight is 465 g/mol. The molecule has 33 heavy (non-hydrogen) atoms. The summed E-state index contributed by atoms with van der Waals surface area (Å²) in [4.78, 5) is 31.3. The van der Waals surface area contributed by atoms with Gasteiger partial charge in [0.05, 0.1) is 18.0 Å². The summed E-state index contributed by atoms with van der Waals surface area (Å²) in [6, 6.07) is 17.7. The van der Waals surface area contributed by atoms with Gasteiger partial charge in [-0.3, -0.25) is 15.1 Å². The van der Waals surface area contributed by atoms with Crippen LogP contribution in [0.2, 0.25) is 5.02 Å². The molecule has 0 radical (unpaired) electrons. The van der Waals surface area contributed by atoms with Gasteiger partial charge >= 0.3 is 6.09 Å². The van der Waals surface area contributed by atoms with Crippen LogP contribution >= 0.6 is 11.6 Å². The molecule has 1 fully saturated rings. The van der Waals surface area contributed by atoms with Crippen LogP contribution in [0.3, 0.4) is 0 Å². The van der Waals surface area contributed by atoms with Crippen LogP contribution in [0.5, 0.6) is 0 Å². The van der Waals surface area contributed by atoms with Crippen LogP contribution in [0.25, 0.3) is 0 Å². The van der Waals surface area contributed by atoms with Crippen molar-refractivity contribution < 1.29 is 14.3 Å². The van der Waals surface area contributed by atoms with Gasteiger partial charge in [0.1, 0.15) is 0 Å². The van der Waals surface area contributed by atoms with Crippen molar-refractivity contribution in [3.8, 4) is 0 Å². The zero-order valence-electron chi connectivity index (χ0n) is 18.0. The molecule has 2 amide bonds. The third kappa shape index (κ3) is 6.23. The number of rotatable bonds is 6. The molecule has 0 bridgehead atoms. The first-order valence-electron chi connectivity index (χ1n) is 10.8. The van der Waals surface area contributed by atoms with Gasteiger partial charge in [-0.2, -0.15) is 0 Å². The van der Waals surface area contributed by atoms with Gasteiger partial charge in [-0.15, -0.1) is 0 Å². The molecular formula is C25H25ClN4O3. The lowest BCUT2D eigenvalue weighted by molar-refractivity contribution is 0.102. The molecule has 2 heterocycles. The average Bonchev–Trinajstić information content (AvgIpc) is 2.85. The van der Waals surface area contributed by atoms with Crippen molar-refractivity contribution in [1.82, 2.24) is 4.98 Å². The minimum Gasteiger partial charge on any atom is -0.449 e. The molecule has 8 heteroatoms. The first kappa shape index (κ1) is 22.6. The summed E-state index contributed by atoms with van der Waals surface area (Å²) in [6.07, 6.45) is 4.94. The zero-order chi connectivity index (χ0) is 23.0. The maximum atomic E-state index is 12.5. The second kappa shape index (κ2) is 10.8. The van der Waals surface area contributed by atoms with Gasteiger partial charge in [-0.1, -0.05) is 29.8 Å². The highest BCUT2D eigenvalue weighted by atomic mass is 35.5. The van der Waals surface area contributed by atoms with E-state index in [4.69, 9.17) is 16.3 Å². The van der Waals surface area contributed by atoms with E-state index < -0.39 is 6.09 Å². The number of ether oxygens (including phenoxy) is 1. The third-order valence-corrected chi connectivity index (χ3v) is 5.83. The highest BCUT2D eigenvalue weighted by molar-refractivity contribution is 6.31. The van der Waals surface area contributed by atoms with Crippen LogP contribution in [-0.2, 0) is 4.74 Å². The van der Waals surface area contributed by atoms with Gasteiger partial charge in [0.15, 0.2) is 0 Å². The van der Waals surface area contributed by atoms with Crippen LogP contribution < -0.4 is 15.5 Å². The van der Waals surface area contributed by atoms with Crippen molar-refractivity contribution in [2.75, 3.05) is 35.2 Å². The number of halogens is 1. The molecule has 1 aliphatic heterocycles. The van der Waals surface area contributed by atoms with Gasteiger partial charge in [-0.25, -0.2) is 4.79 Å². The van der Waals surface area contributed by atoms with Gasteiger partial charge < -0.3 is 15.0 Å². The molecule has 1 saturated heterocycles. The Bertz CT molecular complexity index is 1100. The first-order chi connectivity index (χ1) is 16.1. The van der Waals surface area contributed by atoms with Gasteiger partial charge in [0.25, 0.3) is 5.91 Å². The maximum absolute atomic E-state index is 12.5. The molecule has 4 rings (SSSR count). The summed E-state index contributed by atoms with van der Waals surface area (Å²) < 4.78 is 5.48. The molecule has 2 aromatic carbocycles. The van der Waals surface area contributed by atoms with E-state index in [1.807, 2.05) is 12.1 Å². The highest BCUT2D eigenvalue weighted by Gasteiger charge is 2.21. The Hall–Kier alpha value is -3.58. The Labute approximate surface area is 197 Å². The number of hydrogen-bond donors (Lipinski definition) is 2. The van der Waals surface area contributed by atoms with Gasteiger partial charge in [0.2, 0.25) is 0 Å². The van der Waals surface area contributed by atoms with E-state index in [9.17, 15) is 9.59 Å². The molecule has 1 aromatic heterocycles. The Morgan fingerprint density at radius 1 is 0.970 bits per heavy atom. The number of piperidine rings is 1. The lowest BCUT2D eigenvalue weighted by Crippen LogP contribution is -2.35. The van der Waals surface area contributed by atoms with E-state index in [0.717, 1.165) is 25.9 Å². The van der Waals surface area contributed by atoms with Crippen molar-refractivity contribution in [1.29, 1.82) is 0 Å². The number of carbonyl (C=O) groups is 2. The Kier molecular flexibility index (Phi) is 7.42. The topological polar surface area (TPSA) is 83.6 Å². The second-order valence-electron chi connectivity index (χ2n) is 7.87. The number of benzene rings is 2. The van der Waals surface area contributed by atoms with E-state index in [0.29, 0.717) is 34.5 Å². The van der Waals surface area contributed by atoms with E-state index in [2.05, 4.69) is 20.5 Å². The number of para-hydroxylation sites is 2. The zero-order valence-corrected chi connectivity index (χ0v) is 18.8. The SMILES string of the molecule is O=C(Nc1ccccc1NC(=O)c1cccc(Cl)c1)OCC1CCN(c2ccncc2)CC1. The predicted octanol–water partition coefficient (Wildman–Crippen LogP) is 5.45. The van der Waals surface area contributed by atoms with Crippen molar-refractivity contribution in [2.45, 2.75) is 12.8 Å². The largest absolute Gasteiger partial charge is 0.449 e. The van der Waals surface area contributed by atoms with Crippen LogP contribution in [0.4, 0.5) is 21.9 Å². The first-order valence-corrected chi connectivity index (χ1v) is 11.2. The summed E-state index contributed by atoms with van der Waals surface area (Å²) >= 11 is 5.97. The summed E-state index contributed by atoms with van der Waals surface area (Å²) in [5, 5.41) is 6.02. The van der Waals surface area contributed by atoms with E-state index in [1.165, 1.54) is 5.69 Å². The van der Waals surface area contributed by atoms with Crippen molar-refractivity contribution in [3.05, 3.63) is 83.6 Å². The Morgan fingerprint density at radius 2 is 1.67 bits per heavy atom. The predicted molar refractivity (Wildman–Crippen MR) is 130 cm³/mol. The fourth-order valence-electron chi connectivity index (χ4n) is 3.78. The minimum absolute atomic E-state index is 0.312. The lowest BCUT2D eigenvalue weighted by Gasteiger charge is -2.33. The fraction of sp³-hybridized carbons (Fsp3) is 0.240. The van der Waals surface area contributed by atoms with Crippen molar-refractivity contribution in [2.24, 2.45) is 5.92 Å². The number of anilines is 3. The lowest BCUT2D eigenvalue weighted by atomic mass is 9.97. The highest BCUT2D eigenvalue weighted by Crippen LogP contribution is 2.25. The Morgan fingerprint density at radius 3 is 2.36 bits per heavy atom. The van der Waals surface area contributed by atoms with E-state index in [-0.39, 0.29) is 5.91 Å². The molecule has 7 nitrogen and oxygen atoms in total. The normalized spacial score (nSPS) is 13.9. The number of nitrogens with one attached hydrogen (secondary N) is 2. The molecule has 3 aromatic rings.